The predicted octanol–water partition coefficient (Wildman–Crippen LogP) is 40.4. The van der Waals surface area contributed by atoms with Crippen molar-refractivity contribution in [3.63, 3.8) is 0 Å². The fraction of sp³-hybridized carbons (Fsp3) is 0.277. The summed E-state index contributed by atoms with van der Waals surface area (Å²) in [7, 11) is 0. The molecule has 0 aliphatic heterocycles. The Hall–Kier alpha value is -14.9. The molecule has 0 aliphatic carbocycles. The maximum absolute atomic E-state index is 2.43. The van der Waals surface area contributed by atoms with Crippen LogP contribution in [0.3, 0.4) is 0 Å². The van der Waals surface area contributed by atoms with Crippen LogP contribution in [0.2, 0.25) is 0 Å². The minimum Gasteiger partial charge on any atom is -0.339 e. The van der Waals surface area contributed by atoms with E-state index < -0.39 is 0 Å². The van der Waals surface area contributed by atoms with Crippen molar-refractivity contribution >= 4 is 101 Å². The fourth-order valence-electron chi connectivity index (χ4n) is 19.3. The monoisotopic (exact) mass is 1970 g/mol. The van der Waals surface area contributed by atoms with E-state index in [1.54, 1.807) is 0 Å². The summed E-state index contributed by atoms with van der Waals surface area (Å²) in [5, 5.41) is 2.72. The maximum atomic E-state index is 2.43. The van der Waals surface area contributed by atoms with E-state index in [2.05, 4.69) is 664 Å². The lowest BCUT2D eigenvalue weighted by Crippen LogP contribution is -2.26. The standard InChI is InChI=1S/C21H19N.2C19H25N.C18H23N.C17H21N.2C16H19N.C15H17N/c1-15(2)17-12-8-14-20-21(17)18-11-6-7-13-19(18)22(20)16-9-4-3-5-10-16;1-13(2)20(18-9-7-14(3)11-16(18)5)19-10-8-15(4)12-17(19)6;1-15(2)20(17-9-7-6-8-10-17)18-13-11-16(12-14-18)19(3,4)5;1-14(2)16-10-12-18(13-11-16)19(15(3)4)17-8-6-5-7-9-17;1-13(2)18(16-9-5-14(3)6-10-16)17-11-7-15(4)8-12-17;1-13(2)17(15-9-5-4-6-10-15)16-11-7-8-14(3)12-16;1-13(2)17(15-7-5-4-6-8-15)16-11-9-14(3)10-12-16;1-13(2)16(14-9-5-3-6-10-14)15-11-7-4-8-12-15/h3-15H,1-2H3;7-13H,1-6H3;6-15H,1-5H3;5-15H,1-4H3;5-13H,1-4H3;2*4-13H,1-3H3;3-13H,1-2H3. The molecule has 0 bridgehead atoms. The second kappa shape index (κ2) is 55.8. The Balaban J connectivity index is 0.000000162. The van der Waals surface area contributed by atoms with Gasteiger partial charge in [0.1, 0.15) is 0 Å². The largest absolute Gasteiger partial charge is 0.339 e. The van der Waals surface area contributed by atoms with Gasteiger partial charge in [-0.2, -0.15) is 0 Å². The number of nitrogens with zero attached hydrogens (tertiary/aromatic N) is 8. The molecule has 1 heterocycles. The van der Waals surface area contributed by atoms with E-state index in [0.717, 1.165) is 0 Å². The van der Waals surface area contributed by atoms with Gasteiger partial charge in [0.25, 0.3) is 0 Å². The molecule has 1 aromatic heterocycles. The number of rotatable bonds is 24. The second-order valence-corrected chi connectivity index (χ2v) is 42.8. The number of anilines is 14. The molecule has 18 aromatic rings. The molecule has 0 amide bonds. The molecular weight excluding hydrogens is 1810 g/mol. The van der Waals surface area contributed by atoms with E-state index in [0.29, 0.717) is 54.1 Å². The van der Waals surface area contributed by atoms with Crippen molar-refractivity contribution in [2.75, 3.05) is 34.3 Å². The molecule has 0 saturated carbocycles. The van der Waals surface area contributed by atoms with Gasteiger partial charge in [0.2, 0.25) is 0 Å². The van der Waals surface area contributed by atoms with Crippen molar-refractivity contribution in [1.82, 2.24) is 4.57 Å². The van der Waals surface area contributed by atoms with Crippen LogP contribution in [0, 0.1) is 55.4 Å². The van der Waals surface area contributed by atoms with E-state index in [9.17, 15) is 0 Å². The summed E-state index contributed by atoms with van der Waals surface area (Å²) in [5.41, 5.74) is 36.2. The molecule has 0 fully saturated rings. The predicted molar refractivity (Wildman–Crippen MR) is 657 cm³/mol. The first kappa shape index (κ1) is 114. The van der Waals surface area contributed by atoms with Crippen LogP contribution in [0.1, 0.15) is 218 Å². The molecule has 8 nitrogen and oxygen atoms in total. The zero-order chi connectivity index (χ0) is 108. The number of benzene rings is 17. The van der Waals surface area contributed by atoms with Crippen LogP contribution in [0.4, 0.5) is 79.6 Å². The summed E-state index contributed by atoms with van der Waals surface area (Å²) < 4.78 is 2.37. The van der Waals surface area contributed by atoms with E-state index >= 15 is 0 Å². The zero-order valence-corrected chi connectivity index (χ0v) is 94.8. The van der Waals surface area contributed by atoms with Crippen LogP contribution >= 0.6 is 0 Å². The van der Waals surface area contributed by atoms with Gasteiger partial charge in [-0.25, -0.2) is 0 Å². The highest BCUT2D eigenvalue weighted by molar-refractivity contribution is 6.11. The molecule has 0 aliphatic rings. The van der Waals surface area contributed by atoms with E-state index in [4.69, 9.17) is 0 Å². The van der Waals surface area contributed by atoms with Crippen molar-refractivity contribution < 1.29 is 0 Å². The van der Waals surface area contributed by atoms with Crippen molar-refractivity contribution in [2.24, 2.45) is 0 Å². The van der Waals surface area contributed by atoms with Crippen LogP contribution in [0.5, 0.6) is 0 Å². The summed E-state index contributed by atoms with van der Waals surface area (Å²) in [5.74, 6) is 1.09. The van der Waals surface area contributed by atoms with Crippen LogP contribution < -0.4 is 34.3 Å². The van der Waals surface area contributed by atoms with Crippen LogP contribution in [-0.4, -0.2) is 46.9 Å². The fourth-order valence-corrected chi connectivity index (χ4v) is 19.3. The van der Waals surface area contributed by atoms with Gasteiger partial charge in [-0.15, -0.1) is 0 Å². The number of hydrogen-bond donors (Lipinski definition) is 0. The third-order valence-electron chi connectivity index (χ3n) is 26.5. The molecule has 0 atom stereocenters. The molecule has 0 spiro atoms. The van der Waals surface area contributed by atoms with Crippen molar-refractivity contribution in [2.45, 2.75) is 260 Å². The van der Waals surface area contributed by atoms with E-state index in [1.807, 2.05) is 12.1 Å². The first-order valence-corrected chi connectivity index (χ1v) is 53.9. The van der Waals surface area contributed by atoms with Gasteiger partial charge in [-0.1, -0.05) is 331 Å². The Bertz CT molecular complexity index is 6810. The molecular formula is C141H168N8. The van der Waals surface area contributed by atoms with Crippen LogP contribution in [0.25, 0.3) is 27.5 Å². The lowest BCUT2D eigenvalue weighted by molar-refractivity contribution is 0.590. The molecule has 0 N–H and O–H groups in total. The highest BCUT2D eigenvalue weighted by atomic mass is 15.2. The van der Waals surface area contributed by atoms with E-state index in [-0.39, 0.29) is 5.41 Å². The van der Waals surface area contributed by atoms with E-state index in [1.165, 1.54) is 168 Å². The van der Waals surface area contributed by atoms with Gasteiger partial charge >= 0.3 is 0 Å². The molecule has 18 rings (SSSR count). The average Bonchev–Trinajstić information content (AvgIpc) is 1.58. The highest BCUT2D eigenvalue weighted by Gasteiger charge is 2.24. The van der Waals surface area contributed by atoms with Crippen molar-refractivity contribution in [1.29, 1.82) is 0 Å². The summed E-state index contributed by atoms with van der Waals surface area (Å²) in [6.45, 7) is 64.0. The minimum absolute atomic E-state index is 0.202. The first-order valence-electron chi connectivity index (χ1n) is 53.9. The molecule has 0 saturated heterocycles. The van der Waals surface area contributed by atoms with Gasteiger partial charge in [-0.3, -0.25) is 0 Å². The quantitative estimate of drug-likeness (QED) is 0.0595. The topological polar surface area (TPSA) is 27.6 Å². The van der Waals surface area contributed by atoms with Gasteiger partial charge < -0.3 is 38.9 Å². The van der Waals surface area contributed by atoms with Gasteiger partial charge in [0.15, 0.2) is 0 Å². The lowest BCUT2D eigenvalue weighted by atomic mass is 9.87. The van der Waals surface area contributed by atoms with Crippen LogP contribution in [0.15, 0.2) is 437 Å². The van der Waals surface area contributed by atoms with Gasteiger partial charge in [0, 0.05) is 138 Å². The van der Waals surface area contributed by atoms with Crippen LogP contribution in [-0.2, 0) is 5.41 Å². The Morgan fingerprint density at radius 2 is 0.443 bits per heavy atom. The third kappa shape index (κ3) is 32.3. The molecule has 772 valence electrons. The third-order valence-corrected chi connectivity index (χ3v) is 26.5. The van der Waals surface area contributed by atoms with Crippen molar-refractivity contribution in [3.05, 3.63) is 498 Å². The SMILES string of the molecule is CC(C)N(c1ccccc1)c1ccc(C(C)(C)C)cc1.CC(C)N(c1ccccc1)c1ccccc1.CC(C)c1ccc(N(c2ccccc2)C(C)C)cc1.CC(C)c1cccc2c1c1ccccc1n2-c1ccccc1.Cc1ccc(N(c2ccc(C)cc2)C(C)C)cc1.Cc1ccc(N(c2ccc(C)cc2C)C(C)C)c(C)c1.Cc1ccc(N(c2ccccc2)C(C)C)cc1.Cc1cccc(N(c2ccccc2)C(C)C)c1. The second-order valence-electron chi connectivity index (χ2n) is 42.8. The Kier molecular flexibility index (Phi) is 42.8. The normalized spacial score (nSPS) is 11.0. The Morgan fingerprint density at radius 1 is 0.195 bits per heavy atom. The van der Waals surface area contributed by atoms with Crippen molar-refractivity contribution in [3.8, 4) is 5.69 Å². The minimum atomic E-state index is 0.202. The maximum Gasteiger partial charge on any atom is 0.0543 e. The Labute approximate surface area is 898 Å². The summed E-state index contributed by atoms with van der Waals surface area (Å²) in [6.07, 6.45) is 0. The Morgan fingerprint density at radius 3 is 0.732 bits per heavy atom. The zero-order valence-electron chi connectivity index (χ0n) is 94.8. The van der Waals surface area contributed by atoms with Gasteiger partial charge in [-0.05, 0) is 385 Å². The molecule has 0 unspecified atom stereocenters. The molecule has 17 aromatic carbocycles. The summed E-state index contributed by atoms with van der Waals surface area (Å²) in [6, 6.07) is 158. The smallest absolute Gasteiger partial charge is 0.0543 e. The number of aromatic nitrogens is 1. The number of hydrogen-bond acceptors (Lipinski definition) is 7. The number of para-hydroxylation sites is 8. The highest BCUT2D eigenvalue weighted by Crippen LogP contribution is 2.41. The number of fused-ring (bicyclic) bond motifs is 3. The first-order chi connectivity index (χ1) is 71.4. The molecule has 149 heavy (non-hydrogen) atoms. The number of aryl methyl sites for hydroxylation is 8. The van der Waals surface area contributed by atoms with Gasteiger partial charge in [0.05, 0.1) is 11.0 Å². The summed E-state index contributed by atoms with van der Waals surface area (Å²) in [4.78, 5) is 16.6. The molecule has 8 heteroatoms. The average molecular weight is 1970 g/mol. The summed E-state index contributed by atoms with van der Waals surface area (Å²) >= 11 is 0. The molecule has 0 radical (unpaired) electrons. The lowest BCUT2D eigenvalue weighted by Gasteiger charge is -2.32.